The van der Waals surface area contributed by atoms with Crippen LogP contribution in [0.25, 0.3) is 0 Å². The third-order valence-corrected chi connectivity index (χ3v) is 4.03. The zero-order valence-corrected chi connectivity index (χ0v) is 12.5. The lowest BCUT2D eigenvalue weighted by Gasteiger charge is -2.16. The Bertz CT molecular complexity index is 533. The summed E-state index contributed by atoms with van der Waals surface area (Å²) in [6.07, 6.45) is 2.67. The summed E-state index contributed by atoms with van der Waals surface area (Å²) in [6, 6.07) is 8.91. The van der Waals surface area contributed by atoms with Gasteiger partial charge in [-0.15, -0.1) is 0 Å². The Hall–Kier alpha value is -1.06. The second kappa shape index (κ2) is 5.72. The van der Waals surface area contributed by atoms with Crippen LogP contribution in [0.1, 0.15) is 28.3 Å². The zero-order chi connectivity index (χ0) is 13.1. The normalized spacial score (nSPS) is 12.7. The van der Waals surface area contributed by atoms with E-state index in [0.717, 1.165) is 16.7 Å². The van der Waals surface area contributed by atoms with E-state index in [1.54, 1.807) is 6.26 Å². The maximum Gasteiger partial charge on any atom is 0.173 e. The summed E-state index contributed by atoms with van der Waals surface area (Å²) < 4.78 is 6.12. The van der Waals surface area contributed by atoms with Crippen LogP contribution in [0.4, 0.5) is 0 Å². The molecule has 0 aliphatic heterocycles. The molecule has 1 aromatic carbocycles. The van der Waals surface area contributed by atoms with E-state index >= 15 is 0 Å². The number of nitrogens with one attached hydrogen (secondary N) is 1. The molecular formula is C15H18BrNO. The smallest absolute Gasteiger partial charge is 0.173 e. The van der Waals surface area contributed by atoms with Crippen LogP contribution >= 0.6 is 15.9 Å². The molecule has 0 fully saturated rings. The van der Waals surface area contributed by atoms with Crippen LogP contribution in [0, 0.1) is 13.8 Å². The number of likely N-dealkylation sites (N-methyl/N-ethyl adjacent to an activating group) is 1. The Morgan fingerprint density at radius 2 is 2.00 bits per heavy atom. The van der Waals surface area contributed by atoms with E-state index in [-0.39, 0.29) is 6.04 Å². The van der Waals surface area contributed by atoms with Gasteiger partial charge in [-0.2, -0.15) is 0 Å². The van der Waals surface area contributed by atoms with Crippen molar-refractivity contribution in [1.29, 1.82) is 0 Å². The van der Waals surface area contributed by atoms with Crippen LogP contribution in [0.5, 0.6) is 0 Å². The molecule has 1 N–H and O–H groups in total. The fraction of sp³-hybridized carbons (Fsp3) is 0.333. The number of halogens is 1. The molecule has 0 bridgehead atoms. The first-order chi connectivity index (χ1) is 8.61. The number of aryl methyl sites for hydroxylation is 2. The quantitative estimate of drug-likeness (QED) is 0.917. The number of furan rings is 1. The maximum absolute atomic E-state index is 5.30. The van der Waals surface area contributed by atoms with Crippen LogP contribution in [0.15, 0.2) is 39.6 Å². The molecule has 1 unspecified atom stereocenters. The van der Waals surface area contributed by atoms with Gasteiger partial charge in [0.1, 0.15) is 0 Å². The van der Waals surface area contributed by atoms with Gasteiger partial charge in [-0.05, 0) is 66.0 Å². The topological polar surface area (TPSA) is 25.2 Å². The average Bonchev–Trinajstić information content (AvgIpc) is 2.77. The standard InChI is InChI=1S/C15H18BrNO/c1-10-4-5-12(8-11(10)2)9-14(17-3)13-6-7-18-15(13)16/h4-8,14,17H,9H2,1-3H3. The van der Waals surface area contributed by atoms with Crippen LogP contribution in [-0.2, 0) is 6.42 Å². The molecule has 0 saturated carbocycles. The van der Waals surface area contributed by atoms with Crippen molar-refractivity contribution >= 4 is 15.9 Å². The first kappa shape index (κ1) is 13.4. The Morgan fingerprint density at radius 3 is 2.56 bits per heavy atom. The highest BCUT2D eigenvalue weighted by molar-refractivity contribution is 9.10. The predicted octanol–water partition coefficient (Wildman–Crippen LogP) is 4.16. The van der Waals surface area contributed by atoms with Crippen molar-refractivity contribution in [3.8, 4) is 0 Å². The molecule has 1 heterocycles. The highest BCUT2D eigenvalue weighted by Crippen LogP contribution is 2.27. The maximum atomic E-state index is 5.30. The van der Waals surface area contributed by atoms with Crippen LogP contribution in [-0.4, -0.2) is 7.05 Å². The molecule has 0 radical (unpaired) electrons. The lowest BCUT2D eigenvalue weighted by molar-refractivity contribution is 0.518. The summed E-state index contributed by atoms with van der Waals surface area (Å²) in [5, 5.41) is 3.34. The first-order valence-electron chi connectivity index (χ1n) is 6.08. The molecule has 0 saturated heterocycles. The molecule has 2 aromatic rings. The highest BCUT2D eigenvalue weighted by Gasteiger charge is 2.15. The molecule has 3 heteroatoms. The second-order valence-corrected chi connectivity index (χ2v) is 5.33. The Kier molecular flexibility index (Phi) is 4.25. The van der Waals surface area contributed by atoms with Gasteiger partial charge in [0.2, 0.25) is 0 Å². The van der Waals surface area contributed by atoms with E-state index in [2.05, 4.69) is 53.3 Å². The van der Waals surface area contributed by atoms with Crippen LogP contribution < -0.4 is 5.32 Å². The Morgan fingerprint density at radius 1 is 1.22 bits per heavy atom. The van der Waals surface area contributed by atoms with Crippen LogP contribution in [0.2, 0.25) is 0 Å². The van der Waals surface area contributed by atoms with Crippen molar-refractivity contribution in [3.63, 3.8) is 0 Å². The van der Waals surface area contributed by atoms with Gasteiger partial charge in [0, 0.05) is 11.6 Å². The van der Waals surface area contributed by atoms with Gasteiger partial charge < -0.3 is 9.73 Å². The van der Waals surface area contributed by atoms with E-state index in [4.69, 9.17) is 4.42 Å². The SMILES string of the molecule is CNC(Cc1ccc(C)c(C)c1)c1ccoc1Br. The third kappa shape index (κ3) is 2.85. The summed E-state index contributed by atoms with van der Waals surface area (Å²) in [4.78, 5) is 0. The minimum atomic E-state index is 0.264. The molecule has 2 rings (SSSR count). The number of rotatable bonds is 4. The van der Waals surface area contributed by atoms with Crippen LogP contribution in [0.3, 0.4) is 0 Å². The highest BCUT2D eigenvalue weighted by atomic mass is 79.9. The van der Waals surface area contributed by atoms with Gasteiger partial charge in [-0.3, -0.25) is 0 Å². The van der Waals surface area contributed by atoms with Crippen molar-refractivity contribution in [3.05, 3.63) is 57.5 Å². The second-order valence-electron chi connectivity index (χ2n) is 4.61. The van der Waals surface area contributed by atoms with Crippen molar-refractivity contribution in [1.82, 2.24) is 5.32 Å². The summed E-state index contributed by atoms with van der Waals surface area (Å²) in [6.45, 7) is 4.29. The lowest BCUT2D eigenvalue weighted by Crippen LogP contribution is -2.18. The zero-order valence-electron chi connectivity index (χ0n) is 11.0. The summed E-state index contributed by atoms with van der Waals surface area (Å²) in [7, 11) is 1.98. The minimum absolute atomic E-state index is 0.264. The molecule has 1 atom stereocenters. The predicted molar refractivity (Wildman–Crippen MR) is 77.8 cm³/mol. The molecular weight excluding hydrogens is 290 g/mol. The molecule has 96 valence electrons. The number of benzene rings is 1. The van der Waals surface area contributed by atoms with E-state index in [1.165, 1.54) is 16.7 Å². The van der Waals surface area contributed by atoms with E-state index in [0.29, 0.717) is 0 Å². The third-order valence-electron chi connectivity index (χ3n) is 3.38. The van der Waals surface area contributed by atoms with Gasteiger partial charge in [0.25, 0.3) is 0 Å². The van der Waals surface area contributed by atoms with Crippen molar-refractivity contribution < 1.29 is 4.42 Å². The van der Waals surface area contributed by atoms with E-state index in [1.807, 2.05) is 13.1 Å². The molecule has 1 aromatic heterocycles. The van der Waals surface area contributed by atoms with Gasteiger partial charge in [0.15, 0.2) is 4.67 Å². The van der Waals surface area contributed by atoms with Crippen molar-refractivity contribution in [2.45, 2.75) is 26.3 Å². The largest absolute Gasteiger partial charge is 0.457 e. The van der Waals surface area contributed by atoms with Crippen molar-refractivity contribution in [2.24, 2.45) is 0 Å². The summed E-state index contributed by atoms with van der Waals surface area (Å²) >= 11 is 3.44. The molecule has 0 aliphatic rings. The number of hydrogen-bond acceptors (Lipinski definition) is 2. The fourth-order valence-corrected chi connectivity index (χ4v) is 2.60. The summed E-state index contributed by atoms with van der Waals surface area (Å²) in [5.41, 5.74) is 5.18. The Balaban J connectivity index is 2.20. The molecule has 0 aliphatic carbocycles. The number of hydrogen-bond donors (Lipinski definition) is 1. The lowest BCUT2D eigenvalue weighted by atomic mass is 9.98. The average molecular weight is 308 g/mol. The monoisotopic (exact) mass is 307 g/mol. The van der Waals surface area contributed by atoms with E-state index in [9.17, 15) is 0 Å². The van der Waals surface area contributed by atoms with E-state index < -0.39 is 0 Å². The minimum Gasteiger partial charge on any atom is -0.457 e. The molecule has 18 heavy (non-hydrogen) atoms. The van der Waals surface area contributed by atoms with Gasteiger partial charge in [-0.25, -0.2) is 0 Å². The van der Waals surface area contributed by atoms with Gasteiger partial charge in [0.05, 0.1) is 6.26 Å². The van der Waals surface area contributed by atoms with Gasteiger partial charge >= 0.3 is 0 Å². The molecule has 0 amide bonds. The van der Waals surface area contributed by atoms with Gasteiger partial charge in [-0.1, -0.05) is 18.2 Å². The Labute approximate surface area is 117 Å². The first-order valence-corrected chi connectivity index (χ1v) is 6.87. The molecule has 0 spiro atoms. The van der Waals surface area contributed by atoms with Crippen molar-refractivity contribution in [2.75, 3.05) is 7.05 Å². The molecule has 2 nitrogen and oxygen atoms in total. The summed E-state index contributed by atoms with van der Waals surface area (Å²) in [5.74, 6) is 0. The fourth-order valence-electron chi connectivity index (χ4n) is 2.09.